The van der Waals surface area contributed by atoms with Gasteiger partial charge in [-0.05, 0) is 76.1 Å². The molecule has 0 unspecified atom stereocenters. The number of rotatable bonds is 9. The molecule has 0 spiro atoms. The van der Waals surface area contributed by atoms with Crippen LogP contribution in [0.1, 0.15) is 74.4 Å². The van der Waals surface area contributed by atoms with Crippen molar-refractivity contribution in [3.8, 4) is 5.75 Å². The summed E-state index contributed by atoms with van der Waals surface area (Å²) in [7, 11) is 1.83. The molecule has 1 aliphatic rings. The van der Waals surface area contributed by atoms with Crippen molar-refractivity contribution in [2.45, 2.75) is 90.0 Å². The number of hydrogen-bond donors (Lipinski definition) is 2. The Hall–Kier alpha value is -3.36. The van der Waals surface area contributed by atoms with E-state index in [1.54, 1.807) is 6.92 Å². The molecule has 268 valence electrons. The molecule has 14 heteroatoms. The van der Waals surface area contributed by atoms with Gasteiger partial charge in [0, 0.05) is 44.3 Å². The fourth-order valence-corrected chi connectivity index (χ4v) is 5.42. The van der Waals surface area contributed by atoms with Crippen molar-refractivity contribution < 1.29 is 50.5 Å². The Labute approximate surface area is 277 Å². The molecule has 0 radical (unpaired) electrons. The molecule has 0 saturated heterocycles. The molecule has 0 aliphatic carbocycles. The molecule has 1 heterocycles. The summed E-state index contributed by atoms with van der Waals surface area (Å²) in [6.07, 6.45) is -9.55. The molecule has 2 aromatic rings. The van der Waals surface area contributed by atoms with Crippen molar-refractivity contribution in [2.75, 3.05) is 38.7 Å². The lowest BCUT2D eigenvalue weighted by Crippen LogP contribution is -2.47. The number of amides is 2. The van der Waals surface area contributed by atoms with Crippen molar-refractivity contribution in [1.29, 1.82) is 0 Å². The highest BCUT2D eigenvalue weighted by Crippen LogP contribution is 2.31. The van der Waals surface area contributed by atoms with E-state index in [4.69, 9.17) is 9.47 Å². The maximum absolute atomic E-state index is 14.2. The van der Waals surface area contributed by atoms with Gasteiger partial charge in [0.25, 0.3) is 5.91 Å². The molecular weight excluding hydrogens is 644 g/mol. The molecular formula is C34H45F6N3O5. The number of fused-ring (bicyclic) bond motifs is 1. The first kappa shape index (κ1) is 39.1. The minimum absolute atomic E-state index is 0.0805. The second-order valence-electron chi connectivity index (χ2n) is 12.6. The first-order valence-electron chi connectivity index (χ1n) is 16.0. The highest BCUT2D eigenvalue weighted by atomic mass is 19.4. The quantitative estimate of drug-likeness (QED) is 0.278. The Morgan fingerprint density at radius 1 is 1.08 bits per heavy atom. The number of halogens is 6. The van der Waals surface area contributed by atoms with Gasteiger partial charge in [-0.3, -0.25) is 14.5 Å². The lowest BCUT2D eigenvalue weighted by molar-refractivity contribution is -0.142. The number of nitrogens with zero attached hydrogens (tertiary/aromatic N) is 2. The van der Waals surface area contributed by atoms with Crippen LogP contribution in [-0.2, 0) is 22.3 Å². The number of aliphatic hydroxyl groups is 1. The summed E-state index contributed by atoms with van der Waals surface area (Å²) in [6.45, 7) is 6.42. The predicted octanol–water partition coefficient (Wildman–Crippen LogP) is 6.91. The Morgan fingerprint density at radius 2 is 1.77 bits per heavy atom. The van der Waals surface area contributed by atoms with Gasteiger partial charge in [0.2, 0.25) is 5.91 Å². The molecule has 8 nitrogen and oxygen atoms in total. The van der Waals surface area contributed by atoms with Crippen molar-refractivity contribution >= 4 is 17.5 Å². The number of ether oxygens (including phenoxy) is 2. The van der Waals surface area contributed by atoms with E-state index in [-0.39, 0.29) is 48.3 Å². The van der Waals surface area contributed by atoms with Gasteiger partial charge in [-0.2, -0.15) is 26.3 Å². The van der Waals surface area contributed by atoms with Crippen LogP contribution in [0.4, 0.5) is 32.0 Å². The van der Waals surface area contributed by atoms with Gasteiger partial charge >= 0.3 is 12.4 Å². The zero-order chi connectivity index (χ0) is 35.6. The molecule has 2 N–H and O–H groups in total. The third-order valence-electron chi connectivity index (χ3n) is 8.20. The summed E-state index contributed by atoms with van der Waals surface area (Å²) in [5, 5.41) is 12.5. The predicted molar refractivity (Wildman–Crippen MR) is 169 cm³/mol. The van der Waals surface area contributed by atoms with Crippen LogP contribution in [-0.4, -0.2) is 84.5 Å². The van der Waals surface area contributed by atoms with E-state index < -0.39 is 48.6 Å². The van der Waals surface area contributed by atoms with E-state index in [9.17, 15) is 41.0 Å². The Bertz CT molecular complexity index is 1340. The molecule has 0 fully saturated rings. The van der Waals surface area contributed by atoms with Crippen molar-refractivity contribution in [3.05, 3.63) is 59.2 Å². The van der Waals surface area contributed by atoms with Gasteiger partial charge in [0.15, 0.2) is 0 Å². The standard InChI is InChI=1S/C34H45F6N3O5/c1-22-18-43(23(2)21-44)32(46)28-17-27(41-31(45)14-15-33(35,36)37)12-13-29(28)48-24(3)7-5-6-16-47-30(22)20-42(4)19-25-8-10-26(11-9-25)34(38,39)40/h8-13,17,22-24,30,44H,5-7,14-16,18-21H2,1-4H3,(H,41,45)/t22-,23-,24+,30-/m1/s1. The van der Waals surface area contributed by atoms with Crippen LogP contribution in [0.25, 0.3) is 0 Å². The van der Waals surface area contributed by atoms with Crippen LogP contribution < -0.4 is 10.1 Å². The zero-order valence-corrected chi connectivity index (χ0v) is 27.7. The fourth-order valence-electron chi connectivity index (χ4n) is 5.42. The topological polar surface area (TPSA) is 91.3 Å². The van der Waals surface area contributed by atoms with Crippen LogP contribution in [0.2, 0.25) is 0 Å². The largest absolute Gasteiger partial charge is 0.490 e. The molecule has 48 heavy (non-hydrogen) atoms. The maximum atomic E-state index is 14.2. The Morgan fingerprint density at radius 3 is 2.40 bits per heavy atom. The number of benzene rings is 2. The highest BCUT2D eigenvalue weighted by molar-refractivity contribution is 5.99. The molecule has 4 atom stereocenters. The number of alkyl halides is 6. The van der Waals surface area contributed by atoms with Crippen LogP contribution in [0.15, 0.2) is 42.5 Å². The molecule has 2 amide bonds. The average Bonchev–Trinajstić information content (AvgIpc) is 3.01. The summed E-state index contributed by atoms with van der Waals surface area (Å²) in [4.78, 5) is 29.8. The molecule has 0 aromatic heterocycles. The number of carbonyl (C=O) groups excluding carboxylic acids is 2. The van der Waals surface area contributed by atoms with Crippen LogP contribution in [0, 0.1) is 5.92 Å². The number of aliphatic hydroxyl groups excluding tert-OH is 1. The minimum Gasteiger partial charge on any atom is -0.490 e. The smallest absolute Gasteiger partial charge is 0.416 e. The van der Waals surface area contributed by atoms with Gasteiger partial charge in [0.1, 0.15) is 5.75 Å². The van der Waals surface area contributed by atoms with Crippen molar-refractivity contribution in [2.24, 2.45) is 5.92 Å². The van der Waals surface area contributed by atoms with Gasteiger partial charge in [-0.1, -0.05) is 19.1 Å². The number of nitrogens with one attached hydrogen (secondary N) is 1. The molecule has 1 aliphatic heterocycles. The lowest BCUT2D eigenvalue weighted by atomic mass is 10.0. The van der Waals surface area contributed by atoms with E-state index in [1.807, 2.05) is 25.8 Å². The third kappa shape index (κ3) is 12.3. The fraction of sp³-hybridized carbons (Fsp3) is 0.588. The maximum Gasteiger partial charge on any atom is 0.416 e. The summed E-state index contributed by atoms with van der Waals surface area (Å²) >= 11 is 0. The van der Waals surface area contributed by atoms with Gasteiger partial charge in [-0.15, -0.1) is 0 Å². The van der Waals surface area contributed by atoms with Gasteiger partial charge in [-0.25, -0.2) is 0 Å². The number of carbonyl (C=O) groups is 2. The third-order valence-corrected chi connectivity index (χ3v) is 8.20. The molecule has 3 rings (SSSR count). The molecule has 2 aromatic carbocycles. The van der Waals surface area contributed by atoms with Crippen LogP contribution in [0.5, 0.6) is 5.75 Å². The SMILES string of the molecule is C[C@@H]1CN([C@H](C)CO)C(=O)c2cc(NC(=O)CCC(F)(F)F)ccc2O[C@@H](C)CCCCO[C@@H]1CN(C)Cc1ccc(C(F)(F)F)cc1. The molecule has 0 bridgehead atoms. The normalized spacial score (nSPS) is 20.9. The number of anilines is 1. The van der Waals surface area contributed by atoms with E-state index in [1.165, 1.54) is 35.2 Å². The molecule has 0 saturated carbocycles. The monoisotopic (exact) mass is 689 g/mol. The first-order valence-corrected chi connectivity index (χ1v) is 16.0. The highest BCUT2D eigenvalue weighted by Gasteiger charge is 2.32. The van der Waals surface area contributed by atoms with Crippen LogP contribution >= 0.6 is 0 Å². The van der Waals surface area contributed by atoms with E-state index in [0.29, 0.717) is 31.7 Å². The summed E-state index contributed by atoms with van der Waals surface area (Å²) < 4.78 is 89.5. The van der Waals surface area contributed by atoms with E-state index in [0.717, 1.165) is 25.0 Å². The zero-order valence-electron chi connectivity index (χ0n) is 27.7. The summed E-state index contributed by atoms with van der Waals surface area (Å²) in [5.41, 5.74) is 0.174. The Balaban J connectivity index is 1.86. The number of likely N-dealkylation sites (N-methyl/N-ethyl adjacent to an activating group) is 1. The van der Waals surface area contributed by atoms with Gasteiger partial charge in [0.05, 0.1) is 42.4 Å². The second-order valence-corrected chi connectivity index (χ2v) is 12.6. The minimum atomic E-state index is -4.49. The van der Waals surface area contributed by atoms with Crippen molar-refractivity contribution in [1.82, 2.24) is 9.80 Å². The Kier molecular flexibility index (Phi) is 14.1. The van der Waals surface area contributed by atoms with Crippen LogP contribution in [0.3, 0.4) is 0 Å². The summed E-state index contributed by atoms with van der Waals surface area (Å²) in [6, 6.07) is 8.66. The van der Waals surface area contributed by atoms with E-state index in [2.05, 4.69) is 5.32 Å². The first-order chi connectivity index (χ1) is 22.5. The van der Waals surface area contributed by atoms with Crippen molar-refractivity contribution in [3.63, 3.8) is 0 Å². The van der Waals surface area contributed by atoms with Gasteiger partial charge < -0.3 is 24.8 Å². The summed E-state index contributed by atoms with van der Waals surface area (Å²) in [5.74, 6) is -1.39. The van der Waals surface area contributed by atoms with E-state index >= 15 is 0 Å². The lowest BCUT2D eigenvalue weighted by Gasteiger charge is -2.36. The number of hydrogen-bond acceptors (Lipinski definition) is 6. The average molecular weight is 690 g/mol. The second kappa shape index (κ2) is 17.3.